The average molecular weight is 200 g/mol. The van der Waals surface area contributed by atoms with Crippen molar-refractivity contribution in [3.63, 3.8) is 0 Å². The molecule has 0 spiro atoms. The summed E-state index contributed by atoms with van der Waals surface area (Å²) >= 11 is 5.85. The third-order valence-electron chi connectivity index (χ3n) is 1.80. The standard InChI is InChI=1S/C9H14ClN3/c1-7(5-11)6-13-8-3-2-4-12-9(8)10/h2-4,7,13H,5-6,11H2,1H3. The monoisotopic (exact) mass is 199 g/mol. The molecule has 72 valence electrons. The van der Waals surface area contributed by atoms with Crippen LogP contribution in [0.1, 0.15) is 6.92 Å². The van der Waals surface area contributed by atoms with Gasteiger partial charge >= 0.3 is 0 Å². The van der Waals surface area contributed by atoms with E-state index in [4.69, 9.17) is 17.3 Å². The van der Waals surface area contributed by atoms with E-state index in [1.807, 2.05) is 12.1 Å². The first-order valence-corrected chi connectivity index (χ1v) is 4.66. The zero-order valence-electron chi connectivity index (χ0n) is 7.63. The number of anilines is 1. The van der Waals surface area contributed by atoms with Gasteiger partial charge in [0.15, 0.2) is 5.15 Å². The third kappa shape index (κ3) is 3.20. The maximum Gasteiger partial charge on any atom is 0.152 e. The molecule has 1 heterocycles. The number of rotatable bonds is 4. The summed E-state index contributed by atoms with van der Waals surface area (Å²) in [6.07, 6.45) is 1.67. The van der Waals surface area contributed by atoms with Crippen LogP contribution >= 0.6 is 11.6 Å². The van der Waals surface area contributed by atoms with Crippen molar-refractivity contribution in [1.29, 1.82) is 0 Å². The van der Waals surface area contributed by atoms with Crippen LogP contribution in [0.5, 0.6) is 0 Å². The number of nitrogens with zero attached hydrogens (tertiary/aromatic N) is 1. The van der Waals surface area contributed by atoms with Gasteiger partial charge in [0.05, 0.1) is 5.69 Å². The largest absolute Gasteiger partial charge is 0.382 e. The molecule has 1 rings (SSSR count). The minimum atomic E-state index is 0.441. The SMILES string of the molecule is CC(CN)CNc1cccnc1Cl. The van der Waals surface area contributed by atoms with E-state index < -0.39 is 0 Å². The highest BCUT2D eigenvalue weighted by Crippen LogP contribution is 2.17. The Kier molecular flexibility index (Phi) is 3.99. The summed E-state index contributed by atoms with van der Waals surface area (Å²) in [5.41, 5.74) is 6.35. The molecule has 3 nitrogen and oxygen atoms in total. The van der Waals surface area contributed by atoms with E-state index in [-0.39, 0.29) is 0 Å². The second kappa shape index (κ2) is 5.04. The van der Waals surface area contributed by atoms with Gasteiger partial charge < -0.3 is 11.1 Å². The van der Waals surface area contributed by atoms with Gasteiger partial charge in [-0.25, -0.2) is 4.98 Å². The predicted molar refractivity (Wildman–Crippen MR) is 56.0 cm³/mol. The third-order valence-corrected chi connectivity index (χ3v) is 2.10. The normalized spacial score (nSPS) is 12.5. The summed E-state index contributed by atoms with van der Waals surface area (Å²) in [5.74, 6) is 0.441. The van der Waals surface area contributed by atoms with E-state index in [0.29, 0.717) is 17.6 Å². The molecule has 0 radical (unpaired) electrons. The highest BCUT2D eigenvalue weighted by Gasteiger charge is 2.01. The molecule has 0 saturated heterocycles. The molecular formula is C9H14ClN3. The Morgan fingerprint density at radius 3 is 3.08 bits per heavy atom. The van der Waals surface area contributed by atoms with Gasteiger partial charge in [0.2, 0.25) is 0 Å². The fraction of sp³-hybridized carbons (Fsp3) is 0.444. The van der Waals surface area contributed by atoms with Crippen molar-refractivity contribution >= 4 is 17.3 Å². The van der Waals surface area contributed by atoms with E-state index in [0.717, 1.165) is 12.2 Å². The molecule has 4 heteroatoms. The van der Waals surface area contributed by atoms with Crippen LogP contribution in [-0.2, 0) is 0 Å². The molecule has 1 aromatic heterocycles. The van der Waals surface area contributed by atoms with Crippen molar-refractivity contribution in [2.75, 3.05) is 18.4 Å². The zero-order chi connectivity index (χ0) is 9.68. The molecule has 0 bridgehead atoms. The molecular weight excluding hydrogens is 186 g/mol. The zero-order valence-corrected chi connectivity index (χ0v) is 8.38. The topological polar surface area (TPSA) is 50.9 Å². The van der Waals surface area contributed by atoms with Crippen molar-refractivity contribution < 1.29 is 0 Å². The number of nitrogens with two attached hydrogens (primary N) is 1. The molecule has 0 aliphatic heterocycles. The van der Waals surface area contributed by atoms with Crippen molar-refractivity contribution in [2.24, 2.45) is 11.7 Å². The lowest BCUT2D eigenvalue weighted by Crippen LogP contribution is -2.19. The minimum Gasteiger partial charge on any atom is -0.382 e. The van der Waals surface area contributed by atoms with Crippen LogP contribution in [-0.4, -0.2) is 18.1 Å². The number of nitrogens with one attached hydrogen (secondary N) is 1. The van der Waals surface area contributed by atoms with Crippen LogP contribution in [0.25, 0.3) is 0 Å². The summed E-state index contributed by atoms with van der Waals surface area (Å²) in [5, 5.41) is 3.70. The summed E-state index contributed by atoms with van der Waals surface area (Å²) in [4.78, 5) is 3.95. The quantitative estimate of drug-likeness (QED) is 0.727. The number of aromatic nitrogens is 1. The molecule has 0 aliphatic rings. The van der Waals surface area contributed by atoms with E-state index >= 15 is 0 Å². The van der Waals surface area contributed by atoms with Crippen LogP contribution in [0.4, 0.5) is 5.69 Å². The molecule has 0 aromatic carbocycles. The van der Waals surface area contributed by atoms with E-state index in [1.165, 1.54) is 0 Å². The Bertz CT molecular complexity index is 265. The van der Waals surface area contributed by atoms with Gasteiger partial charge in [0, 0.05) is 12.7 Å². The molecule has 1 aromatic rings. The van der Waals surface area contributed by atoms with Crippen molar-refractivity contribution in [3.05, 3.63) is 23.5 Å². The maximum atomic E-state index is 5.85. The van der Waals surface area contributed by atoms with Gasteiger partial charge in [-0.2, -0.15) is 0 Å². The van der Waals surface area contributed by atoms with E-state index in [9.17, 15) is 0 Å². The van der Waals surface area contributed by atoms with Gasteiger partial charge in [-0.3, -0.25) is 0 Å². The van der Waals surface area contributed by atoms with Crippen LogP contribution in [0, 0.1) is 5.92 Å². The number of pyridine rings is 1. The molecule has 13 heavy (non-hydrogen) atoms. The van der Waals surface area contributed by atoms with Crippen LogP contribution in [0.15, 0.2) is 18.3 Å². The Morgan fingerprint density at radius 1 is 1.69 bits per heavy atom. The van der Waals surface area contributed by atoms with Gasteiger partial charge in [0.25, 0.3) is 0 Å². The lowest BCUT2D eigenvalue weighted by Gasteiger charge is -2.11. The highest BCUT2D eigenvalue weighted by molar-refractivity contribution is 6.31. The maximum absolute atomic E-state index is 5.85. The summed E-state index contributed by atoms with van der Waals surface area (Å²) in [6.45, 7) is 3.57. The minimum absolute atomic E-state index is 0.441. The molecule has 0 fully saturated rings. The molecule has 0 amide bonds. The first-order valence-electron chi connectivity index (χ1n) is 4.28. The molecule has 1 unspecified atom stereocenters. The second-order valence-corrected chi connectivity index (χ2v) is 3.42. The van der Waals surface area contributed by atoms with Crippen LogP contribution in [0.2, 0.25) is 5.15 Å². The van der Waals surface area contributed by atoms with Crippen LogP contribution < -0.4 is 11.1 Å². The van der Waals surface area contributed by atoms with E-state index in [2.05, 4.69) is 17.2 Å². The fourth-order valence-corrected chi connectivity index (χ4v) is 1.07. The Hall–Kier alpha value is -0.800. The van der Waals surface area contributed by atoms with Crippen molar-refractivity contribution in [2.45, 2.75) is 6.92 Å². The van der Waals surface area contributed by atoms with Gasteiger partial charge in [-0.05, 0) is 24.6 Å². The lowest BCUT2D eigenvalue weighted by molar-refractivity contribution is 0.628. The van der Waals surface area contributed by atoms with Crippen molar-refractivity contribution in [3.8, 4) is 0 Å². The number of hydrogen-bond donors (Lipinski definition) is 2. The Labute approximate surface area is 83.3 Å². The first kappa shape index (κ1) is 10.3. The smallest absolute Gasteiger partial charge is 0.152 e. The number of halogens is 1. The molecule has 0 aliphatic carbocycles. The fourth-order valence-electron chi connectivity index (χ4n) is 0.885. The molecule has 3 N–H and O–H groups in total. The summed E-state index contributed by atoms with van der Waals surface area (Å²) < 4.78 is 0. The predicted octanol–water partition coefficient (Wildman–Crippen LogP) is 1.74. The van der Waals surface area contributed by atoms with Gasteiger partial charge in [-0.1, -0.05) is 18.5 Å². The van der Waals surface area contributed by atoms with Crippen molar-refractivity contribution in [1.82, 2.24) is 4.98 Å². The number of hydrogen-bond acceptors (Lipinski definition) is 3. The van der Waals surface area contributed by atoms with Gasteiger partial charge in [-0.15, -0.1) is 0 Å². The average Bonchev–Trinajstić information content (AvgIpc) is 2.16. The molecule has 0 saturated carbocycles. The first-order chi connectivity index (χ1) is 6.24. The van der Waals surface area contributed by atoms with Crippen LogP contribution in [0.3, 0.4) is 0 Å². The Morgan fingerprint density at radius 2 is 2.46 bits per heavy atom. The summed E-state index contributed by atoms with van der Waals surface area (Å²) in [6, 6.07) is 3.75. The van der Waals surface area contributed by atoms with Gasteiger partial charge in [0.1, 0.15) is 0 Å². The molecule has 1 atom stereocenters. The van der Waals surface area contributed by atoms with E-state index in [1.54, 1.807) is 6.20 Å². The second-order valence-electron chi connectivity index (χ2n) is 3.06. The Balaban J connectivity index is 2.50. The highest BCUT2D eigenvalue weighted by atomic mass is 35.5. The summed E-state index contributed by atoms with van der Waals surface area (Å²) in [7, 11) is 0. The lowest BCUT2D eigenvalue weighted by atomic mass is 10.2.